The fraction of sp³-hybridized carbons (Fsp3) is 0.500. The van der Waals surface area contributed by atoms with Crippen molar-refractivity contribution in [2.45, 2.75) is 49.8 Å². The number of nitrogen functional groups attached to an aromatic ring is 1. The summed E-state index contributed by atoms with van der Waals surface area (Å²) in [5, 5.41) is 1.58. The number of halogens is 1. The molecule has 0 fully saturated rings. The van der Waals surface area contributed by atoms with Crippen molar-refractivity contribution in [2.75, 3.05) is 5.73 Å². The van der Waals surface area contributed by atoms with Gasteiger partial charge in [0.2, 0.25) is 5.91 Å². The van der Waals surface area contributed by atoms with E-state index in [1.54, 1.807) is 0 Å². The van der Waals surface area contributed by atoms with Gasteiger partial charge >= 0.3 is 0 Å². The number of hydrogen-bond donors (Lipinski definition) is 2. The summed E-state index contributed by atoms with van der Waals surface area (Å²) in [7, 11) is -3.78. The molecule has 0 heterocycles. The molecule has 7 heteroatoms. The minimum absolute atomic E-state index is 0.0636. The predicted molar refractivity (Wildman–Crippen MR) is 87.7 cm³/mol. The van der Waals surface area contributed by atoms with E-state index in [4.69, 9.17) is 5.73 Å². The van der Waals surface area contributed by atoms with Crippen LogP contribution < -0.4 is 11.1 Å². The van der Waals surface area contributed by atoms with Crippen molar-refractivity contribution in [3.8, 4) is 0 Å². The maximum Gasteiger partial charge on any atom is 0.238 e. The fourth-order valence-corrected chi connectivity index (χ4v) is 3.99. The molecule has 1 aromatic rings. The smallest absolute Gasteiger partial charge is 0.238 e. The second-order valence-corrected chi connectivity index (χ2v) is 8.70. The van der Waals surface area contributed by atoms with Crippen molar-refractivity contribution in [1.29, 1.82) is 0 Å². The van der Waals surface area contributed by atoms with Gasteiger partial charge in [0.05, 0.1) is 4.90 Å². The zero-order valence-electron chi connectivity index (χ0n) is 12.6. The highest BCUT2D eigenvalue weighted by atomic mass is 79.9. The van der Waals surface area contributed by atoms with E-state index in [0.29, 0.717) is 16.6 Å². The van der Waals surface area contributed by atoms with E-state index in [1.165, 1.54) is 25.1 Å². The average Bonchev–Trinajstić information content (AvgIpc) is 2.36. The van der Waals surface area contributed by atoms with Crippen molar-refractivity contribution >= 4 is 37.4 Å². The first kappa shape index (κ1) is 18.0. The molecule has 0 bridgehead atoms. The predicted octanol–water partition coefficient (Wildman–Crippen LogP) is 2.50. The molecule has 5 nitrogen and oxygen atoms in total. The van der Waals surface area contributed by atoms with Crippen LogP contribution in [0.5, 0.6) is 0 Å². The van der Waals surface area contributed by atoms with E-state index < -0.39 is 26.5 Å². The first-order valence-corrected chi connectivity index (χ1v) is 8.96. The number of nitrogens with two attached hydrogens (primary N) is 1. The number of benzene rings is 1. The Morgan fingerprint density at radius 2 is 2.00 bits per heavy atom. The summed E-state index contributed by atoms with van der Waals surface area (Å²) in [6.45, 7) is 7.02. The summed E-state index contributed by atoms with van der Waals surface area (Å²) in [6.07, 6.45) is 0.705. The van der Waals surface area contributed by atoms with Crippen LogP contribution >= 0.6 is 15.9 Å². The Bertz CT molecular complexity index is 642. The Hall–Kier alpha value is -1.08. The van der Waals surface area contributed by atoms with Gasteiger partial charge in [-0.2, -0.15) is 0 Å². The third-order valence-electron chi connectivity index (χ3n) is 3.44. The number of amides is 1. The van der Waals surface area contributed by atoms with Crippen molar-refractivity contribution in [3.63, 3.8) is 0 Å². The molecule has 3 N–H and O–H groups in total. The lowest BCUT2D eigenvalue weighted by atomic mass is 10.0. The number of anilines is 1. The van der Waals surface area contributed by atoms with Crippen molar-refractivity contribution in [1.82, 2.24) is 5.32 Å². The molecule has 0 radical (unpaired) electrons. The first-order valence-electron chi connectivity index (χ1n) is 6.62. The summed E-state index contributed by atoms with van der Waals surface area (Å²) in [6, 6.07) is 4.41. The van der Waals surface area contributed by atoms with E-state index in [2.05, 4.69) is 21.2 Å². The van der Waals surface area contributed by atoms with Crippen LogP contribution in [0.25, 0.3) is 0 Å². The monoisotopic (exact) mass is 376 g/mol. The summed E-state index contributed by atoms with van der Waals surface area (Å²) in [5.41, 5.74) is 5.61. The van der Waals surface area contributed by atoms with Gasteiger partial charge in [0.25, 0.3) is 0 Å². The number of sulfone groups is 1. The quantitative estimate of drug-likeness (QED) is 0.772. The number of rotatable bonds is 5. The molecule has 0 spiro atoms. The second kappa shape index (κ2) is 6.36. The van der Waals surface area contributed by atoms with Crippen LogP contribution in [-0.4, -0.2) is 25.1 Å². The molecule has 1 aromatic carbocycles. The third kappa shape index (κ3) is 4.20. The molecule has 118 valence electrons. The largest absolute Gasteiger partial charge is 0.399 e. The van der Waals surface area contributed by atoms with Gasteiger partial charge in [-0.25, -0.2) is 8.42 Å². The van der Waals surface area contributed by atoms with Gasteiger partial charge in [0.15, 0.2) is 9.84 Å². The molecule has 0 aromatic heterocycles. The van der Waals surface area contributed by atoms with E-state index in [0.717, 1.165) is 0 Å². The topological polar surface area (TPSA) is 89.3 Å². The lowest BCUT2D eigenvalue weighted by Gasteiger charge is -2.26. The normalized spacial score (nSPS) is 13.8. The van der Waals surface area contributed by atoms with Crippen LogP contribution in [0.3, 0.4) is 0 Å². The molecule has 0 aliphatic carbocycles. The minimum atomic E-state index is -3.78. The zero-order valence-corrected chi connectivity index (χ0v) is 15.0. The van der Waals surface area contributed by atoms with Crippen molar-refractivity contribution in [3.05, 3.63) is 22.7 Å². The number of hydrogen-bond acceptors (Lipinski definition) is 4. The van der Waals surface area contributed by atoms with Crippen LogP contribution in [0.1, 0.15) is 34.1 Å². The van der Waals surface area contributed by atoms with Crippen molar-refractivity contribution in [2.24, 2.45) is 0 Å². The Labute approximate surface area is 134 Å². The molecule has 0 saturated carbocycles. The van der Waals surface area contributed by atoms with Crippen LogP contribution in [0.15, 0.2) is 27.6 Å². The fourth-order valence-electron chi connectivity index (χ4n) is 1.60. The molecule has 0 saturated heterocycles. The van der Waals surface area contributed by atoms with Crippen LogP contribution in [-0.2, 0) is 14.6 Å². The van der Waals surface area contributed by atoms with E-state index >= 15 is 0 Å². The maximum atomic E-state index is 12.5. The summed E-state index contributed by atoms with van der Waals surface area (Å²) >= 11 is 3.18. The number of carbonyl (C=O) groups is 1. The summed E-state index contributed by atoms with van der Waals surface area (Å²) in [4.78, 5) is 12.2. The van der Waals surface area contributed by atoms with Crippen LogP contribution in [0.4, 0.5) is 5.69 Å². The zero-order chi connectivity index (χ0) is 16.4. The highest BCUT2D eigenvalue weighted by Gasteiger charge is 2.33. The molecule has 1 unspecified atom stereocenters. The highest BCUT2D eigenvalue weighted by molar-refractivity contribution is 9.10. The van der Waals surface area contributed by atoms with Crippen molar-refractivity contribution < 1.29 is 13.2 Å². The molecule has 0 aliphatic rings. The SMILES string of the molecule is CCC(C)(C)NC(=O)C(C)S(=O)(=O)c1ccc(N)cc1Br. The number of nitrogens with one attached hydrogen (secondary N) is 1. The van der Waals surface area contributed by atoms with E-state index in [1.807, 2.05) is 20.8 Å². The maximum absolute atomic E-state index is 12.5. The molecule has 1 rings (SSSR count). The van der Waals surface area contributed by atoms with Gasteiger partial charge in [-0.3, -0.25) is 4.79 Å². The lowest BCUT2D eigenvalue weighted by molar-refractivity contribution is -0.122. The third-order valence-corrected chi connectivity index (χ3v) is 6.48. The van der Waals surface area contributed by atoms with Gasteiger partial charge in [0.1, 0.15) is 5.25 Å². The first-order chi connectivity index (χ1) is 9.51. The molecular weight excluding hydrogens is 356 g/mol. The Kier molecular flexibility index (Phi) is 5.44. The van der Waals surface area contributed by atoms with Gasteiger partial charge in [-0.05, 0) is 61.3 Å². The Balaban J connectivity index is 3.10. The van der Waals surface area contributed by atoms with Gasteiger partial charge in [-0.15, -0.1) is 0 Å². The summed E-state index contributed by atoms with van der Waals surface area (Å²) in [5.74, 6) is -0.509. The molecule has 1 atom stereocenters. The molecule has 21 heavy (non-hydrogen) atoms. The molecule has 1 amide bonds. The average molecular weight is 377 g/mol. The van der Waals surface area contributed by atoms with E-state index in [-0.39, 0.29) is 4.90 Å². The standard InChI is InChI=1S/C14H21BrN2O3S/c1-5-14(3,4)17-13(18)9(2)21(19,20)12-7-6-10(16)8-11(12)15/h6-9H,5,16H2,1-4H3,(H,17,18). The lowest BCUT2D eigenvalue weighted by Crippen LogP contribution is -2.48. The van der Waals surface area contributed by atoms with Gasteiger partial charge < -0.3 is 11.1 Å². The second-order valence-electron chi connectivity index (χ2n) is 5.60. The van der Waals surface area contributed by atoms with Gasteiger partial charge in [0, 0.05) is 15.7 Å². The molecular formula is C14H21BrN2O3S. The van der Waals surface area contributed by atoms with Crippen LogP contribution in [0, 0.1) is 0 Å². The highest BCUT2D eigenvalue weighted by Crippen LogP contribution is 2.27. The minimum Gasteiger partial charge on any atom is -0.399 e. The molecule has 0 aliphatic heterocycles. The van der Waals surface area contributed by atoms with Gasteiger partial charge in [-0.1, -0.05) is 6.92 Å². The van der Waals surface area contributed by atoms with Crippen LogP contribution in [0.2, 0.25) is 0 Å². The summed E-state index contributed by atoms with van der Waals surface area (Å²) < 4.78 is 25.5. The van der Waals surface area contributed by atoms with E-state index in [9.17, 15) is 13.2 Å². The number of carbonyl (C=O) groups excluding carboxylic acids is 1. The Morgan fingerprint density at radius 3 is 2.48 bits per heavy atom. The Morgan fingerprint density at radius 1 is 1.43 bits per heavy atom.